The topological polar surface area (TPSA) is 36.4 Å². The highest BCUT2D eigenvalue weighted by molar-refractivity contribution is 5.94. The Balaban J connectivity index is 1.36. The number of amides is 1. The summed E-state index contributed by atoms with van der Waals surface area (Å²) in [4.78, 5) is 21.6. The molecule has 2 atom stereocenters. The van der Waals surface area contributed by atoms with Gasteiger partial charge in [-0.15, -0.1) is 0 Å². The second kappa shape index (κ2) is 6.36. The van der Waals surface area contributed by atoms with Gasteiger partial charge in [-0.05, 0) is 43.0 Å². The number of aryl methyl sites for hydroxylation is 1. The predicted octanol–water partition coefficient (Wildman–Crippen LogP) is 2.59. The van der Waals surface area contributed by atoms with Crippen molar-refractivity contribution < 1.29 is 4.79 Å². The molecule has 0 aliphatic carbocycles. The van der Waals surface area contributed by atoms with Gasteiger partial charge in [0.1, 0.15) is 0 Å². The number of likely N-dealkylation sites (tertiary alicyclic amines) is 2. The molecule has 2 aliphatic heterocycles. The molecule has 2 fully saturated rings. The fraction of sp³-hybridized carbons (Fsp3) is 0.400. The first-order chi connectivity index (χ1) is 11.7. The average molecular weight is 321 g/mol. The zero-order valence-electron chi connectivity index (χ0n) is 14.1. The van der Waals surface area contributed by atoms with E-state index in [9.17, 15) is 4.79 Å². The third-order valence-electron chi connectivity index (χ3n) is 5.26. The number of carbonyl (C=O) groups excluding carboxylic acids is 1. The largest absolute Gasteiger partial charge is 0.338 e. The van der Waals surface area contributed by atoms with Crippen LogP contribution in [0.4, 0.5) is 0 Å². The smallest absolute Gasteiger partial charge is 0.253 e. The molecule has 0 radical (unpaired) electrons. The molecule has 0 N–H and O–H groups in total. The first-order valence-electron chi connectivity index (χ1n) is 8.67. The molecular weight excluding hydrogens is 298 g/mol. The quantitative estimate of drug-likeness (QED) is 0.872. The van der Waals surface area contributed by atoms with E-state index in [1.807, 2.05) is 54.4 Å². The lowest BCUT2D eigenvalue weighted by atomic mass is 10.0. The Morgan fingerprint density at radius 1 is 1.04 bits per heavy atom. The summed E-state index contributed by atoms with van der Waals surface area (Å²) in [6.45, 7) is 6.87. The van der Waals surface area contributed by atoms with Crippen molar-refractivity contribution in [3.05, 3.63) is 65.5 Å². The van der Waals surface area contributed by atoms with Crippen LogP contribution in [0.15, 0.2) is 48.7 Å². The zero-order chi connectivity index (χ0) is 16.5. The molecule has 3 heterocycles. The highest BCUT2D eigenvalue weighted by Crippen LogP contribution is 2.32. The molecule has 1 aromatic heterocycles. The minimum atomic E-state index is 0.181. The van der Waals surface area contributed by atoms with Crippen LogP contribution in [-0.2, 0) is 6.54 Å². The fourth-order valence-electron chi connectivity index (χ4n) is 3.98. The summed E-state index contributed by atoms with van der Waals surface area (Å²) in [5.74, 6) is 1.38. The Morgan fingerprint density at radius 3 is 2.38 bits per heavy atom. The van der Waals surface area contributed by atoms with E-state index in [1.54, 1.807) is 0 Å². The summed E-state index contributed by atoms with van der Waals surface area (Å²) >= 11 is 0. The summed E-state index contributed by atoms with van der Waals surface area (Å²) in [7, 11) is 0. The average Bonchev–Trinajstić information content (AvgIpc) is 3.14. The lowest BCUT2D eigenvalue weighted by molar-refractivity contribution is 0.0773. The second-order valence-electron chi connectivity index (χ2n) is 7.11. The fourth-order valence-corrected chi connectivity index (χ4v) is 3.98. The van der Waals surface area contributed by atoms with Crippen molar-refractivity contribution in [3.63, 3.8) is 0 Å². The van der Waals surface area contributed by atoms with E-state index < -0.39 is 0 Å². The van der Waals surface area contributed by atoms with Crippen LogP contribution in [0.1, 0.15) is 21.6 Å². The Morgan fingerprint density at radius 2 is 1.75 bits per heavy atom. The molecule has 4 nitrogen and oxygen atoms in total. The first kappa shape index (κ1) is 15.3. The number of carbonyl (C=O) groups is 1. The van der Waals surface area contributed by atoms with E-state index in [0.717, 1.165) is 44.0 Å². The maximum Gasteiger partial charge on any atom is 0.253 e. The molecule has 24 heavy (non-hydrogen) atoms. The van der Waals surface area contributed by atoms with Gasteiger partial charge in [-0.2, -0.15) is 0 Å². The molecule has 2 aromatic rings. The van der Waals surface area contributed by atoms with Gasteiger partial charge in [0.05, 0.1) is 5.69 Å². The number of pyridine rings is 1. The number of benzene rings is 1. The predicted molar refractivity (Wildman–Crippen MR) is 93.6 cm³/mol. The van der Waals surface area contributed by atoms with Crippen LogP contribution < -0.4 is 0 Å². The molecule has 2 saturated heterocycles. The van der Waals surface area contributed by atoms with Crippen molar-refractivity contribution >= 4 is 5.91 Å². The van der Waals surface area contributed by atoms with Gasteiger partial charge in [-0.3, -0.25) is 14.7 Å². The van der Waals surface area contributed by atoms with Gasteiger partial charge in [0.15, 0.2) is 0 Å². The van der Waals surface area contributed by atoms with E-state index >= 15 is 0 Å². The van der Waals surface area contributed by atoms with E-state index in [-0.39, 0.29) is 5.91 Å². The van der Waals surface area contributed by atoms with Crippen molar-refractivity contribution in [1.82, 2.24) is 14.8 Å². The molecule has 2 aliphatic rings. The summed E-state index contributed by atoms with van der Waals surface area (Å²) in [6.07, 6.45) is 1.86. The molecule has 0 spiro atoms. The van der Waals surface area contributed by atoms with Crippen molar-refractivity contribution in [2.45, 2.75) is 13.5 Å². The first-order valence-corrected chi connectivity index (χ1v) is 8.67. The summed E-state index contributed by atoms with van der Waals surface area (Å²) < 4.78 is 0. The van der Waals surface area contributed by atoms with E-state index in [1.165, 1.54) is 5.56 Å². The molecule has 0 saturated carbocycles. The van der Waals surface area contributed by atoms with Gasteiger partial charge in [0.2, 0.25) is 0 Å². The normalized spacial score (nSPS) is 23.5. The van der Waals surface area contributed by atoms with E-state index in [4.69, 9.17) is 0 Å². The lowest BCUT2D eigenvalue weighted by Crippen LogP contribution is -2.33. The standard InChI is InChI=1S/C20H23N3O/c1-15-5-7-16(8-6-15)20(24)23-12-17-10-22(11-18(17)13-23)14-19-4-2-3-9-21-19/h2-9,17-18H,10-14H2,1H3/t17-,18+. The Labute approximate surface area is 143 Å². The van der Waals surface area contributed by atoms with Gasteiger partial charge in [-0.25, -0.2) is 0 Å². The van der Waals surface area contributed by atoms with Crippen molar-refractivity contribution in [1.29, 1.82) is 0 Å². The number of aromatic nitrogens is 1. The van der Waals surface area contributed by atoms with Crippen LogP contribution in [0.2, 0.25) is 0 Å². The third kappa shape index (κ3) is 3.06. The van der Waals surface area contributed by atoms with Gasteiger partial charge in [-0.1, -0.05) is 23.8 Å². The third-order valence-corrected chi connectivity index (χ3v) is 5.26. The molecule has 4 rings (SSSR count). The molecule has 1 aromatic carbocycles. The van der Waals surface area contributed by atoms with Gasteiger partial charge in [0.25, 0.3) is 5.91 Å². The van der Waals surface area contributed by atoms with E-state index in [2.05, 4.69) is 16.0 Å². The summed E-state index contributed by atoms with van der Waals surface area (Å²) in [6, 6.07) is 14.0. The second-order valence-corrected chi connectivity index (χ2v) is 7.11. The van der Waals surface area contributed by atoms with Crippen LogP contribution >= 0.6 is 0 Å². The Hall–Kier alpha value is -2.20. The minimum absolute atomic E-state index is 0.181. The van der Waals surface area contributed by atoms with Gasteiger partial charge in [0, 0.05) is 44.5 Å². The maximum absolute atomic E-state index is 12.7. The molecule has 4 heteroatoms. The molecule has 0 bridgehead atoms. The van der Waals surface area contributed by atoms with Gasteiger partial charge < -0.3 is 4.90 Å². The number of nitrogens with zero attached hydrogens (tertiary/aromatic N) is 3. The zero-order valence-corrected chi connectivity index (χ0v) is 14.1. The van der Waals surface area contributed by atoms with Crippen molar-refractivity contribution in [3.8, 4) is 0 Å². The van der Waals surface area contributed by atoms with Crippen molar-refractivity contribution in [2.75, 3.05) is 26.2 Å². The van der Waals surface area contributed by atoms with Gasteiger partial charge >= 0.3 is 0 Å². The minimum Gasteiger partial charge on any atom is -0.338 e. The summed E-state index contributed by atoms with van der Waals surface area (Å²) in [5.41, 5.74) is 3.13. The number of fused-ring (bicyclic) bond motifs is 1. The molecule has 1 amide bonds. The molecular formula is C20H23N3O. The number of rotatable bonds is 3. The number of hydrogen-bond donors (Lipinski definition) is 0. The summed E-state index contributed by atoms with van der Waals surface area (Å²) in [5, 5.41) is 0. The number of hydrogen-bond acceptors (Lipinski definition) is 3. The van der Waals surface area contributed by atoms with Crippen LogP contribution in [0.3, 0.4) is 0 Å². The lowest BCUT2D eigenvalue weighted by Gasteiger charge is -2.21. The Kier molecular flexibility index (Phi) is 4.07. The van der Waals surface area contributed by atoms with Crippen molar-refractivity contribution in [2.24, 2.45) is 11.8 Å². The highest BCUT2D eigenvalue weighted by Gasteiger charge is 2.41. The molecule has 124 valence electrons. The van der Waals surface area contributed by atoms with Crippen LogP contribution in [0.5, 0.6) is 0 Å². The van der Waals surface area contributed by atoms with E-state index in [0.29, 0.717) is 11.8 Å². The highest BCUT2D eigenvalue weighted by atomic mass is 16.2. The van der Waals surface area contributed by atoms with Crippen LogP contribution in [0.25, 0.3) is 0 Å². The Bertz CT molecular complexity index is 699. The maximum atomic E-state index is 12.7. The molecule has 0 unspecified atom stereocenters. The SMILES string of the molecule is Cc1ccc(C(=O)N2C[C@H]3CN(Cc4ccccn4)C[C@H]3C2)cc1. The van der Waals surface area contributed by atoms with Crippen LogP contribution in [0, 0.1) is 18.8 Å². The van der Waals surface area contributed by atoms with Crippen LogP contribution in [-0.4, -0.2) is 46.9 Å². The monoisotopic (exact) mass is 321 g/mol.